The number of nitrogens with zero attached hydrogens (tertiary/aromatic N) is 1. The van der Waals surface area contributed by atoms with Gasteiger partial charge in [-0.05, 0) is 36.1 Å². The smallest absolute Gasteiger partial charge is 0.307 e. The van der Waals surface area contributed by atoms with Crippen LogP contribution in [0.1, 0.15) is 29.5 Å². The first-order valence-electron chi connectivity index (χ1n) is 11.9. The van der Waals surface area contributed by atoms with Gasteiger partial charge in [-0.15, -0.1) is 0 Å². The summed E-state index contributed by atoms with van der Waals surface area (Å²) in [6.07, 6.45) is 1.70. The standard InChI is InChI=1S/C25H31N5O7S/c1-38(35,36)29-20(15-37-19-5-2-4-17(12-19)13-22(31)32)25(34)30-11-3-6-21(30)24(33)28-14-16-7-9-18(10-8-16)23(26)27/h2,4-5,7-10,12,20-21,29H,3,6,11,13-15H2,1H3,(H3,26,27)(H,28,33)(H,31,32)/t20-,21+/m1/s1. The van der Waals surface area contributed by atoms with Crippen LogP contribution in [0.3, 0.4) is 0 Å². The Bertz CT molecular complexity index is 1300. The minimum absolute atomic E-state index is 0.0603. The summed E-state index contributed by atoms with van der Waals surface area (Å²) in [5.74, 6) is -1.76. The average Bonchev–Trinajstić information content (AvgIpc) is 3.34. The Hall–Kier alpha value is -3.97. The molecule has 0 bridgehead atoms. The van der Waals surface area contributed by atoms with Crippen molar-refractivity contribution in [1.29, 1.82) is 5.41 Å². The van der Waals surface area contributed by atoms with Gasteiger partial charge in [-0.2, -0.15) is 4.72 Å². The van der Waals surface area contributed by atoms with E-state index in [2.05, 4.69) is 10.0 Å². The molecule has 2 amide bonds. The molecular formula is C25H31N5O7S. The second-order valence-electron chi connectivity index (χ2n) is 8.99. The summed E-state index contributed by atoms with van der Waals surface area (Å²) in [7, 11) is -3.80. The topological polar surface area (TPSA) is 192 Å². The van der Waals surface area contributed by atoms with E-state index in [0.29, 0.717) is 24.0 Å². The number of rotatable bonds is 12. The van der Waals surface area contributed by atoms with Crippen molar-refractivity contribution in [3.63, 3.8) is 0 Å². The van der Waals surface area contributed by atoms with Crippen molar-refractivity contribution in [2.45, 2.75) is 37.9 Å². The fraction of sp³-hybridized carbons (Fsp3) is 0.360. The van der Waals surface area contributed by atoms with E-state index in [9.17, 15) is 22.8 Å². The van der Waals surface area contributed by atoms with Gasteiger partial charge in [-0.3, -0.25) is 19.8 Å². The van der Waals surface area contributed by atoms with Crippen LogP contribution in [-0.2, 0) is 37.4 Å². The molecule has 2 aromatic rings. The Balaban J connectivity index is 1.67. The largest absolute Gasteiger partial charge is 0.491 e. The molecule has 0 unspecified atom stereocenters. The molecule has 0 radical (unpaired) electrons. The van der Waals surface area contributed by atoms with E-state index < -0.39 is 34.0 Å². The van der Waals surface area contributed by atoms with Gasteiger partial charge < -0.3 is 25.8 Å². The number of nitrogens with two attached hydrogens (primary N) is 1. The molecule has 0 spiro atoms. The van der Waals surface area contributed by atoms with Crippen LogP contribution in [0.4, 0.5) is 0 Å². The van der Waals surface area contributed by atoms with Crippen molar-refractivity contribution in [3.05, 3.63) is 65.2 Å². The quantitative estimate of drug-likeness (QED) is 0.184. The molecule has 1 heterocycles. The summed E-state index contributed by atoms with van der Waals surface area (Å²) in [4.78, 5) is 38.6. The fourth-order valence-electron chi connectivity index (χ4n) is 4.13. The van der Waals surface area contributed by atoms with E-state index in [1.165, 1.54) is 11.0 Å². The van der Waals surface area contributed by atoms with Crippen LogP contribution in [0.5, 0.6) is 5.75 Å². The van der Waals surface area contributed by atoms with Gasteiger partial charge in [0, 0.05) is 18.7 Å². The maximum Gasteiger partial charge on any atom is 0.307 e. The zero-order valence-electron chi connectivity index (χ0n) is 20.8. The SMILES string of the molecule is CS(=O)(=O)N[C@H](COc1cccc(CC(=O)O)c1)C(=O)N1CCC[C@H]1C(=O)NCc1ccc(C(=N)N)cc1. The third kappa shape index (κ3) is 8.28. The average molecular weight is 546 g/mol. The zero-order valence-corrected chi connectivity index (χ0v) is 21.7. The number of hydrogen-bond donors (Lipinski definition) is 5. The fourth-order valence-corrected chi connectivity index (χ4v) is 4.81. The molecule has 3 rings (SSSR count). The van der Waals surface area contributed by atoms with Crippen LogP contribution in [-0.4, -0.2) is 73.5 Å². The molecule has 13 heteroatoms. The Labute approximate surface area is 220 Å². The highest BCUT2D eigenvalue weighted by Crippen LogP contribution is 2.20. The predicted molar refractivity (Wildman–Crippen MR) is 139 cm³/mol. The van der Waals surface area contributed by atoms with E-state index in [1.807, 2.05) is 0 Å². The minimum atomic E-state index is -3.80. The number of carboxylic acids is 1. The normalized spacial score (nSPS) is 16.0. The van der Waals surface area contributed by atoms with Crippen LogP contribution in [0, 0.1) is 5.41 Å². The van der Waals surface area contributed by atoms with Gasteiger partial charge in [-0.1, -0.05) is 36.4 Å². The number of amides is 2. The third-order valence-corrected chi connectivity index (χ3v) is 6.61. The number of amidine groups is 1. The van der Waals surface area contributed by atoms with Crippen molar-refractivity contribution in [3.8, 4) is 5.75 Å². The van der Waals surface area contributed by atoms with Crippen molar-refractivity contribution in [2.75, 3.05) is 19.4 Å². The molecule has 38 heavy (non-hydrogen) atoms. The molecule has 2 atom stereocenters. The van der Waals surface area contributed by atoms with Gasteiger partial charge in [-0.25, -0.2) is 8.42 Å². The van der Waals surface area contributed by atoms with Crippen molar-refractivity contribution in [2.24, 2.45) is 5.73 Å². The van der Waals surface area contributed by atoms with E-state index in [-0.39, 0.29) is 43.6 Å². The summed E-state index contributed by atoms with van der Waals surface area (Å²) in [6, 6.07) is 11.1. The van der Waals surface area contributed by atoms with E-state index in [1.54, 1.807) is 42.5 Å². The first-order chi connectivity index (χ1) is 17.9. The maximum absolute atomic E-state index is 13.4. The summed E-state index contributed by atoms with van der Waals surface area (Å²) < 4.78 is 31.9. The van der Waals surface area contributed by atoms with Gasteiger partial charge in [0.25, 0.3) is 0 Å². The summed E-state index contributed by atoms with van der Waals surface area (Å²) in [5.41, 5.74) is 7.29. The molecule has 6 N–H and O–H groups in total. The number of hydrogen-bond acceptors (Lipinski definition) is 7. The van der Waals surface area contributed by atoms with Gasteiger partial charge >= 0.3 is 5.97 Å². The van der Waals surface area contributed by atoms with Gasteiger partial charge in [0.05, 0.1) is 12.7 Å². The number of benzene rings is 2. The first-order valence-corrected chi connectivity index (χ1v) is 13.7. The molecule has 1 aliphatic rings. The Morgan fingerprint density at radius 3 is 2.53 bits per heavy atom. The molecule has 0 saturated carbocycles. The van der Waals surface area contributed by atoms with E-state index >= 15 is 0 Å². The molecule has 2 aromatic carbocycles. The van der Waals surface area contributed by atoms with E-state index in [4.69, 9.17) is 21.0 Å². The monoisotopic (exact) mass is 545 g/mol. The van der Waals surface area contributed by atoms with Crippen LogP contribution in [0.2, 0.25) is 0 Å². The molecule has 1 saturated heterocycles. The van der Waals surface area contributed by atoms with Crippen LogP contribution < -0.4 is 20.5 Å². The Morgan fingerprint density at radius 1 is 1.18 bits per heavy atom. The number of ether oxygens (including phenoxy) is 1. The number of likely N-dealkylation sites (tertiary alicyclic amines) is 1. The number of sulfonamides is 1. The molecule has 12 nitrogen and oxygen atoms in total. The lowest BCUT2D eigenvalue weighted by Gasteiger charge is -2.28. The highest BCUT2D eigenvalue weighted by molar-refractivity contribution is 7.88. The highest BCUT2D eigenvalue weighted by Gasteiger charge is 2.38. The second-order valence-corrected chi connectivity index (χ2v) is 10.8. The number of aliphatic carboxylic acids is 1. The molecule has 204 valence electrons. The predicted octanol–water partition coefficient (Wildman–Crippen LogP) is 0.202. The summed E-state index contributed by atoms with van der Waals surface area (Å²) in [6.45, 7) is 0.131. The molecule has 1 aliphatic heterocycles. The van der Waals surface area contributed by atoms with Crippen LogP contribution >= 0.6 is 0 Å². The lowest BCUT2D eigenvalue weighted by atomic mass is 10.1. The number of nitrogen functional groups attached to an aromatic ring is 1. The number of carbonyl (C=O) groups is 3. The van der Waals surface area contributed by atoms with Crippen LogP contribution in [0.15, 0.2) is 48.5 Å². The first kappa shape index (κ1) is 28.6. The Kier molecular flexibility index (Phi) is 9.42. The van der Waals surface area contributed by atoms with E-state index in [0.717, 1.165) is 11.8 Å². The number of nitrogens with one attached hydrogen (secondary N) is 3. The van der Waals surface area contributed by atoms with Crippen molar-refractivity contribution >= 4 is 33.6 Å². The molecule has 0 aliphatic carbocycles. The zero-order chi connectivity index (χ0) is 27.9. The maximum atomic E-state index is 13.4. The minimum Gasteiger partial charge on any atom is -0.491 e. The van der Waals surface area contributed by atoms with Gasteiger partial charge in [0.15, 0.2) is 0 Å². The van der Waals surface area contributed by atoms with Gasteiger partial charge in [0.1, 0.15) is 30.3 Å². The lowest BCUT2D eigenvalue weighted by Crippen LogP contribution is -2.55. The highest BCUT2D eigenvalue weighted by atomic mass is 32.2. The van der Waals surface area contributed by atoms with Crippen LogP contribution in [0.25, 0.3) is 0 Å². The van der Waals surface area contributed by atoms with Crippen molar-refractivity contribution in [1.82, 2.24) is 14.9 Å². The molecule has 0 aromatic heterocycles. The summed E-state index contributed by atoms with van der Waals surface area (Å²) >= 11 is 0. The lowest BCUT2D eigenvalue weighted by molar-refractivity contribution is -0.140. The second kappa shape index (κ2) is 12.5. The van der Waals surface area contributed by atoms with Gasteiger partial charge in [0.2, 0.25) is 21.8 Å². The molecular weight excluding hydrogens is 514 g/mol. The summed E-state index contributed by atoms with van der Waals surface area (Å²) in [5, 5.41) is 19.2. The van der Waals surface area contributed by atoms with Crippen molar-refractivity contribution < 1.29 is 32.6 Å². The Morgan fingerprint density at radius 2 is 1.89 bits per heavy atom. The third-order valence-electron chi connectivity index (χ3n) is 5.90. The number of carbonyl (C=O) groups excluding carboxylic acids is 2. The molecule has 1 fully saturated rings. The number of carboxylic acid groups (broad SMARTS) is 1.